The van der Waals surface area contributed by atoms with Crippen molar-refractivity contribution in [3.8, 4) is 0 Å². The second-order valence-electron chi connectivity index (χ2n) is 5.12. The number of aliphatic carboxylic acids is 1. The Labute approximate surface area is 118 Å². The third-order valence-corrected chi connectivity index (χ3v) is 3.42. The molecular weight excluding hydrogens is 256 g/mol. The van der Waals surface area contributed by atoms with E-state index < -0.39 is 5.97 Å². The number of carbonyl (C=O) groups excluding carboxylic acids is 1. The number of benzene rings is 1. The molecule has 108 valence electrons. The molecule has 0 spiro atoms. The summed E-state index contributed by atoms with van der Waals surface area (Å²) in [4.78, 5) is 24.8. The Balaban J connectivity index is 1.82. The highest BCUT2D eigenvalue weighted by atomic mass is 16.4. The second-order valence-corrected chi connectivity index (χ2v) is 5.12. The number of carboxylic acids is 1. The Kier molecular flexibility index (Phi) is 5.12. The highest BCUT2D eigenvalue weighted by Gasteiger charge is 2.13. The Morgan fingerprint density at radius 1 is 1.25 bits per heavy atom. The maximum Gasteiger partial charge on any atom is 0.307 e. The standard InChI is InChI=1S/C15H20N2O3/c18-14(6-9-17-7-1-2-8-17)16-13-5-3-4-12(10-13)11-15(19)20/h3-5,10H,1-2,6-9,11H2,(H,16,18)(H,19,20). The van der Waals surface area contributed by atoms with Gasteiger partial charge in [-0.25, -0.2) is 0 Å². The Morgan fingerprint density at radius 2 is 2.00 bits per heavy atom. The first-order valence-electron chi connectivity index (χ1n) is 6.96. The van der Waals surface area contributed by atoms with Gasteiger partial charge in [-0.2, -0.15) is 0 Å². The molecule has 2 rings (SSSR count). The molecule has 0 unspecified atom stereocenters. The monoisotopic (exact) mass is 276 g/mol. The van der Waals surface area contributed by atoms with Crippen molar-refractivity contribution in [2.45, 2.75) is 25.7 Å². The number of rotatable bonds is 6. The fourth-order valence-corrected chi connectivity index (χ4v) is 2.42. The molecular formula is C15H20N2O3. The molecule has 1 fully saturated rings. The van der Waals surface area contributed by atoms with E-state index in [1.54, 1.807) is 24.3 Å². The molecule has 0 aromatic heterocycles. The highest BCUT2D eigenvalue weighted by Crippen LogP contribution is 2.12. The SMILES string of the molecule is O=C(O)Cc1cccc(NC(=O)CCN2CCCC2)c1. The van der Waals surface area contributed by atoms with Crippen LogP contribution in [0.5, 0.6) is 0 Å². The van der Waals surface area contributed by atoms with E-state index >= 15 is 0 Å². The first-order chi connectivity index (χ1) is 9.63. The number of carbonyl (C=O) groups is 2. The van der Waals surface area contributed by atoms with Gasteiger partial charge in [0.2, 0.25) is 5.91 Å². The lowest BCUT2D eigenvalue weighted by atomic mass is 10.1. The fourth-order valence-electron chi connectivity index (χ4n) is 2.42. The van der Waals surface area contributed by atoms with E-state index in [2.05, 4.69) is 10.2 Å². The van der Waals surface area contributed by atoms with Crippen molar-refractivity contribution in [1.29, 1.82) is 0 Å². The van der Waals surface area contributed by atoms with Crippen molar-refractivity contribution in [2.75, 3.05) is 25.0 Å². The van der Waals surface area contributed by atoms with Crippen molar-refractivity contribution in [1.82, 2.24) is 4.90 Å². The van der Waals surface area contributed by atoms with Gasteiger partial charge in [-0.1, -0.05) is 12.1 Å². The van der Waals surface area contributed by atoms with Gasteiger partial charge >= 0.3 is 5.97 Å². The number of hydrogen-bond donors (Lipinski definition) is 2. The summed E-state index contributed by atoms with van der Waals surface area (Å²) in [6.45, 7) is 2.96. The summed E-state index contributed by atoms with van der Waals surface area (Å²) in [5.74, 6) is -0.896. The zero-order valence-electron chi connectivity index (χ0n) is 11.5. The third-order valence-electron chi connectivity index (χ3n) is 3.42. The second kappa shape index (κ2) is 7.05. The van der Waals surface area contributed by atoms with E-state index in [1.807, 2.05) is 0 Å². The van der Waals surface area contributed by atoms with E-state index in [9.17, 15) is 9.59 Å². The molecule has 0 bridgehead atoms. The molecule has 1 aromatic carbocycles. The molecule has 1 aromatic rings. The number of amides is 1. The molecule has 1 aliphatic heterocycles. The molecule has 5 nitrogen and oxygen atoms in total. The van der Waals surface area contributed by atoms with E-state index in [4.69, 9.17) is 5.11 Å². The molecule has 1 amide bonds. The van der Waals surface area contributed by atoms with Crippen LogP contribution < -0.4 is 5.32 Å². The maximum atomic E-state index is 11.8. The van der Waals surface area contributed by atoms with Gasteiger partial charge < -0.3 is 15.3 Å². The zero-order chi connectivity index (χ0) is 14.4. The predicted octanol–water partition coefficient (Wildman–Crippen LogP) is 1.74. The molecule has 1 heterocycles. The van der Waals surface area contributed by atoms with Crippen molar-refractivity contribution < 1.29 is 14.7 Å². The molecule has 0 atom stereocenters. The topological polar surface area (TPSA) is 69.6 Å². The van der Waals surface area contributed by atoms with Crippen LogP contribution in [0.3, 0.4) is 0 Å². The number of likely N-dealkylation sites (tertiary alicyclic amines) is 1. The van der Waals surface area contributed by atoms with Crippen LogP contribution in [0.25, 0.3) is 0 Å². The lowest BCUT2D eigenvalue weighted by Crippen LogP contribution is -2.25. The zero-order valence-corrected chi connectivity index (χ0v) is 11.5. The summed E-state index contributed by atoms with van der Waals surface area (Å²) in [7, 11) is 0. The average molecular weight is 276 g/mol. The number of nitrogens with zero attached hydrogens (tertiary/aromatic N) is 1. The first-order valence-corrected chi connectivity index (χ1v) is 6.96. The Hall–Kier alpha value is -1.88. The van der Waals surface area contributed by atoms with Gasteiger partial charge in [0.1, 0.15) is 0 Å². The van der Waals surface area contributed by atoms with Crippen LogP contribution in [0, 0.1) is 0 Å². The van der Waals surface area contributed by atoms with Crippen LogP contribution in [0.1, 0.15) is 24.8 Å². The van der Waals surface area contributed by atoms with E-state index in [0.29, 0.717) is 17.7 Å². The average Bonchev–Trinajstić information content (AvgIpc) is 2.89. The van der Waals surface area contributed by atoms with E-state index in [1.165, 1.54) is 12.8 Å². The van der Waals surface area contributed by atoms with Crippen LogP contribution in [0.2, 0.25) is 0 Å². The minimum Gasteiger partial charge on any atom is -0.481 e. The minimum absolute atomic E-state index is 0.0237. The lowest BCUT2D eigenvalue weighted by Gasteiger charge is -2.14. The van der Waals surface area contributed by atoms with Crippen LogP contribution in [0.15, 0.2) is 24.3 Å². The summed E-state index contributed by atoms with van der Waals surface area (Å²) in [6, 6.07) is 6.99. The minimum atomic E-state index is -0.873. The van der Waals surface area contributed by atoms with Crippen molar-refractivity contribution >= 4 is 17.6 Å². The molecule has 5 heteroatoms. The van der Waals surface area contributed by atoms with Gasteiger partial charge in [0.15, 0.2) is 0 Å². The number of hydrogen-bond acceptors (Lipinski definition) is 3. The van der Waals surface area contributed by atoms with Crippen LogP contribution in [-0.2, 0) is 16.0 Å². The largest absolute Gasteiger partial charge is 0.481 e. The summed E-state index contributed by atoms with van der Waals surface area (Å²) >= 11 is 0. The normalized spacial score (nSPS) is 15.2. The van der Waals surface area contributed by atoms with E-state index in [0.717, 1.165) is 19.6 Å². The number of anilines is 1. The summed E-state index contributed by atoms with van der Waals surface area (Å²) < 4.78 is 0. The molecule has 1 aliphatic rings. The molecule has 0 radical (unpaired) electrons. The smallest absolute Gasteiger partial charge is 0.307 e. The van der Waals surface area contributed by atoms with Gasteiger partial charge in [0, 0.05) is 18.7 Å². The molecule has 20 heavy (non-hydrogen) atoms. The van der Waals surface area contributed by atoms with Crippen molar-refractivity contribution in [2.24, 2.45) is 0 Å². The third kappa shape index (κ3) is 4.66. The lowest BCUT2D eigenvalue weighted by molar-refractivity contribution is -0.136. The van der Waals surface area contributed by atoms with Crippen molar-refractivity contribution in [3.63, 3.8) is 0 Å². The molecule has 0 saturated carbocycles. The fraction of sp³-hybridized carbons (Fsp3) is 0.467. The summed E-state index contributed by atoms with van der Waals surface area (Å²) in [5, 5.41) is 11.6. The van der Waals surface area contributed by atoms with Gasteiger partial charge in [0.25, 0.3) is 0 Å². The van der Waals surface area contributed by atoms with Gasteiger partial charge in [-0.05, 0) is 43.6 Å². The van der Waals surface area contributed by atoms with Gasteiger partial charge in [0.05, 0.1) is 6.42 Å². The molecule has 2 N–H and O–H groups in total. The van der Waals surface area contributed by atoms with Crippen molar-refractivity contribution in [3.05, 3.63) is 29.8 Å². The number of carboxylic acid groups (broad SMARTS) is 1. The predicted molar refractivity (Wildman–Crippen MR) is 76.7 cm³/mol. The molecule has 1 saturated heterocycles. The number of nitrogens with one attached hydrogen (secondary N) is 1. The summed E-state index contributed by atoms with van der Waals surface area (Å²) in [6.07, 6.45) is 2.89. The molecule has 0 aliphatic carbocycles. The van der Waals surface area contributed by atoms with Crippen LogP contribution >= 0.6 is 0 Å². The Morgan fingerprint density at radius 3 is 2.70 bits per heavy atom. The van der Waals surface area contributed by atoms with Gasteiger partial charge in [-0.3, -0.25) is 9.59 Å². The van der Waals surface area contributed by atoms with Gasteiger partial charge in [-0.15, -0.1) is 0 Å². The van der Waals surface area contributed by atoms with Crippen LogP contribution in [0.4, 0.5) is 5.69 Å². The maximum absolute atomic E-state index is 11.8. The quantitative estimate of drug-likeness (QED) is 0.830. The highest BCUT2D eigenvalue weighted by molar-refractivity contribution is 5.91. The Bertz CT molecular complexity index is 482. The van der Waals surface area contributed by atoms with Crippen LogP contribution in [-0.4, -0.2) is 41.5 Å². The first kappa shape index (κ1) is 14.5. The summed E-state index contributed by atoms with van der Waals surface area (Å²) in [5.41, 5.74) is 1.35. The van der Waals surface area contributed by atoms with E-state index in [-0.39, 0.29) is 12.3 Å².